The zero-order valence-electron chi connectivity index (χ0n) is 10.8. The summed E-state index contributed by atoms with van der Waals surface area (Å²) in [6.45, 7) is 0. The van der Waals surface area contributed by atoms with Crippen LogP contribution in [0.1, 0.15) is 17.9 Å². The molecule has 0 amide bonds. The Morgan fingerprint density at radius 2 is 1.89 bits per heavy atom. The van der Waals surface area contributed by atoms with E-state index in [1.807, 2.05) is 18.2 Å². The Balaban J connectivity index is 2.23. The monoisotopic (exact) mass is 282 g/mol. The first kappa shape index (κ1) is 13.9. The Labute approximate surface area is 116 Å². The normalized spacial score (nSPS) is 25.3. The first-order chi connectivity index (χ1) is 9.08. The molecule has 0 bridgehead atoms. The molecule has 4 nitrogen and oxygen atoms in total. The van der Waals surface area contributed by atoms with Crippen molar-refractivity contribution in [3.05, 3.63) is 34.9 Å². The van der Waals surface area contributed by atoms with Crippen molar-refractivity contribution in [2.75, 3.05) is 14.2 Å². The van der Waals surface area contributed by atoms with Crippen molar-refractivity contribution in [3.8, 4) is 0 Å². The number of ether oxygens (including phenoxy) is 2. The van der Waals surface area contributed by atoms with Gasteiger partial charge < -0.3 is 9.47 Å². The van der Waals surface area contributed by atoms with E-state index in [1.54, 1.807) is 6.07 Å². The lowest BCUT2D eigenvalue weighted by Gasteiger charge is -2.41. The van der Waals surface area contributed by atoms with Gasteiger partial charge in [-0.05, 0) is 30.0 Å². The van der Waals surface area contributed by atoms with Crippen molar-refractivity contribution in [1.82, 2.24) is 0 Å². The van der Waals surface area contributed by atoms with E-state index in [4.69, 9.17) is 21.1 Å². The molecule has 1 aliphatic carbocycles. The average Bonchev–Trinajstić information content (AvgIpc) is 2.37. The number of rotatable bonds is 3. The standard InChI is InChI=1S/C14H15ClO4/c1-18-13(16)11-7-10(12(11)14(17)19-2)8-4-3-5-9(15)6-8/h3-6,10-12H,7H2,1-2H3/t10-,11-,12-/m1/s1. The Morgan fingerprint density at radius 3 is 2.47 bits per heavy atom. The smallest absolute Gasteiger partial charge is 0.310 e. The number of carbonyl (C=O) groups excluding carboxylic acids is 2. The molecule has 5 heteroatoms. The molecule has 1 aromatic rings. The van der Waals surface area contributed by atoms with Gasteiger partial charge in [-0.15, -0.1) is 0 Å². The van der Waals surface area contributed by atoms with Crippen LogP contribution in [-0.4, -0.2) is 26.2 Å². The maximum atomic E-state index is 11.8. The highest BCUT2D eigenvalue weighted by Crippen LogP contribution is 2.48. The predicted molar refractivity (Wildman–Crippen MR) is 69.8 cm³/mol. The van der Waals surface area contributed by atoms with E-state index >= 15 is 0 Å². The molecule has 0 heterocycles. The third kappa shape index (κ3) is 2.59. The van der Waals surface area contributed by atoms with Crippen LogP contribution in [0.2, 0.25) is 5.02 Å². The lowest BCUT2D eigenvalue weighted by atomic mass is 9.62. The molecule has 3 atom stereocenters. The van der Waals surface area contributed by atoms with Gasteiger partial charge in [0.2, 0.25) is 0 Å². The van der Waals surface area contributed by atoms with E-state index in [0.717, 1.165) is 5.56 Å². The van der Waals surface area contributed by atoms with Gasteiger partial charge in [0.15, 0.2) is 0 Å². The maximum absolute atomic E-state index is 11.8. The van der Waals surface area contributed by atoms with Gasteiger partial charge in [0.05, 0.1) is 26.1 Å². The molecular formula is C14H15ClO4. The molecule has 102 valence electrons. The summed E-state index contributed by atoms with van der Waals surface area (Å²) in [7, 11) is 2.65. The zero-order valence-corrected chi connectivity index (χ0v) is 11.5. The lowest BCUT2D eigenvalue weighted by molar-refractivity contribution is -0.166. The highest BCUT2D eigenvalue weighted by molar-refractivity contribution is 6.30. The fraction of sp³-hybridized carbons (Fsp3) is 0.429. The lowest BCUT2D eigenvalue weighted by Crippen LogP contribution is -2.45. The summed E-state index contributed by atoms with van der Waals surface area (Å²) in [6.07, 6.45) is 0.576. The summed E-state index contributed by atoms with van der Waals surface area (Å²) in [4.78, 5) is 23.4. The maximum Gasteiger partial charge on any atom is 0.310 e. The fourth-order valence-electron chi connectivity index (χ4n) is 2.59. The van der Waals surface area contributed by atoms with Crippen LogP contribution in [0, 0.1) is 11.8 Å². The van der Waals surface area contributed by atoms with Crippen molar-refractivity contribution in [2.45, 2.75) is 12.3 Å². The van der Waals surface area contributed by atoms with Gasteiger partial charge in [-0.25, -0.2) is 0 Å². The molecule has 1 fully saturated rings. The van der Waals surface area contributed by atoms with Gasteiger partial charge in [0.25, 0.3) is 0 Å². The summed E-state index contributed by atoms with van der Waals surface area (Å²) in [6, 6.07) is 7.32. The first-order valence-electron chi connectivity index (χ1n) is 5.99. The van der Waals surface area contributed by atoms with Gasteiger partial charge in [-0.2, -0.15) is 0 Å². The molecule has 2 rings (SSSR count). The van der Waals surface area contributed by atoms with Crippen LogP contribution in [0.25, 0.3) is 0 Å². The van der Waals surface area contributed by atoms with Crippen LogP contribution >= 0.6 is 11.6 Å². The number of hydrogen-bond acceptors (Lipinski definition) is 4. The molecule has 0 radical (unpaired) electrons. The minimum atomic E-state index is -0.490. The van der Waals surface area contributed by atoms with Gasteiger partial charge in [0, 0.05) is 5.02 Å². The van der Waals surface area contributed by atoms with Gasteiger partial charge in [-0.1, -0.05) is 23.7 Å². The van der Waals surface area contributed by atoms with Crippen LogP contribution in [0.15, 0.2) is 24.3 Å². The Bertz CT molecular complexity index is 500. The molecule has 19 heavy (non-hydrogen) atoms. The number of benzene rings is 1. The van der Waals surface area contributed by atoms with Gasteiger partial charge >= 0.3 is 11.9 Å². The largest absolute Gasteiger partial charge is 0.469 e. The molecule has 0 saturated heterocycles. The van der Waals surface area contributed by atoms with E-state index in [9.17, 15) is 9.59 Å². The number of esters is 2. The highest BCUT2D eigenvalue weighted by atomic mass is 35.5. The third-order valence-electron chi connectivity index (χ3n) is 3.63. The predicted octanol–water partition coefficient (Wildman–Crippen LogP) is 2.41. The molecule has 0 unspecified atom stereocenters. The topological polar surface area (TPSA) is 52.6 Å². The summed E-state index contributed by atoms with van der Waals surface area (Å²) in [5.41, 5.74) is 0.947. The Kier molecular flexibility index (Phi) is 4.10. The van der Waals surface area contributed by atoms with Crippen LogP contribution in [0.3, 0.4) is 0 Å². The van der Waals surface area contributed by atoms with Crippen molar-refractivity contribution in [3.63, 3.8) is 0 Å². The Hall–Kier alpha value is -1.55. The van der Waals surface area contributed by atoms with Crippen LogP contribution in [0.4, 0.5) is 0 Å². The van der Waals surface area contributed by atoms with E-state index in [0.29, 0.717) is 11.4 Å². The van der Waals surface area contributed by atoms with E-state index in [2.05, 4.69) is 0 Å². The van der Waals surface area contributed by atoms with E-state index < -0.39 is 11.8 Å². The van der Waals surface area contributed by atoms with E-state index in [-0.39, 0.29) is 17.9 Å². The van der Waals surface area contributed by atoms with Gasteiger partial charge in [0.1, 0.15) is 0 Å². The first-order valence-corrected chi connectivity index (χ1v) is 6.37. The summed E-state index contributed by atoms with van der Waals surface area (Å²) < 4.78 is 9.50. The minimum absolute atomic E-state index is 0.0461. The highest BCUT2D eigenvalue weighted by Gasteiger charge is 2.51. The Morgan fingerprint density at radius 1 is 1.21 bits per heavy atom. The molecule has 0 N–H and O–H groups in total. The summed E-state index contributed by atoms with van der Waals surface area (Å²) in [5.74, 6) is -1.71. The van der Waals surface area contributed by atoms with Crippen molar-refractivity contribution in [2.24, 2.45) is 11.8 Å². The molecule has 1 saturated carbocycles. The second-order valence-electron chi connectivity index (χ2n) is 4.58. The van der Waals surface area contributed by atoms with Gasteiger partial charge in [-0.3, -0.25) is 9.59 Å². The molecule has 0 aromatic heterocycles. The zero-order chi connectivity index (χ0) is 14.0. The van der Waals surface area contributed by atoms with Crippen LogP contribution in [-0.2, 0) is 19.1 Å². The quantitative estimate of drug-likeness (QED) is 0.799. The number of halogens is 1. The molecular weight excluding hydrogens is 268 g/mol. The summed E-state index contributed by atoms with van der Waals surface area (Å²) in [5, 5.41) is 0.614. The molecule has 0 spiro atoms. The average molecular weight is 283 g/mol. The molecule has 0 aliphatic heterocycles. The number of methoxy groups -OCH3 is 2. The van der Waals surface area contributed by atoms with Crippen LogP contribution < -0.4 is 0 Å². The van der Waals surface area contributed by atoms with Crippen molar-refractivity contribution < 1.29 is 19.1 Å². The second kappa shape index (κ2) is 5.61. The SMILES string of the molecule is COC(=O)[C@@H]1[C@@H](c2cccc(Cl)c2)C[C@H]1C(=O)OC. The minimum Gasteiger partial charge on any atom is -0.469 e. The molecule has 1 aliphatic rings. The van der Waals surface area contributed by atoms with Crippen molar-refractivity contribution >= 4 is 23.5 Å². The van der Waals surface area contributed by atoms with E-state index in [1.165, 1.54) is 14.2 Å². The molecule has 1 aromatic carbocycles. The van der Waals surface area contributed by atoms with Crippen LogP contribution in [0.5, 0.6) is 0 Å². The number of carbonyl (C=O) groups is 2. The van der Waals surface area contributed by atoms with Crippen molar-refractivity contribution in [1.29, 1.82) is 0 Å². The fourth-order valence-corrected chi connectivity index (χ4v) is 2.79. The number of hydrogen-bond donors (Lipinski definition) is 0. The summed E-state index contributed by atoms with van der Waals surface area (Å²) >= 11 is 5.95. The third-order valence-corrected chi connectivity index (χ3v) is 3.86. The second-order valence-corrected chi connectivity index (χ2v) is 5.01.